The molecule has 1 amide bonds. The zero-order chi connectivity index (χ0) is 18.9. The molecular weight excluding hydrogens is 364 g/mol. The van der Waals surface area contributed by atoms with E-state index in [0.717, 1.165) is 0 Å². The predicted molar refractivity (Wildman–Crippen MR) is 94.8 cm³/mol. The second kappa shape index (κ2) is 9.76. The van der Waals surface area contributed by atoms with E-state index in [2.05, 4.69) is 5.32 Å². The summed E-state index contributed by atoms with van der Waals surface area (Å²) in [6, 6.07) is 12.4. The van der Waals surface area contributed by atoms with Gasteiger partial charge in [-0.05, 0) is 43.3 Å². The zero-order valence-electron chi connectivity index (χ0n) is 13.9. The van der Waals surface area contributed by atoms with E-state index >= 15 is 0 Å². The summed E-state index contributed by atoms with van der Waals surface area (Å²) in [5, 5.41) is 2.68. The van der Waals surface area contributed by atoms with Gasteiger partial charge in [-0.1, -0.05) is 17.8 Å². The lowest BCUT2D eigenvalue weighted by atomic mass is 10.2. The van der Waals surface area contributed by atoms with Crippen molar-refractivity contribution in [1.29, 1.82) is 0 Å². The smallest absolute Gasteiger partial charge is 0.344 e. The molecule has 2 aromatic rings. The number of hydrogen-bond acceptors (Lipinski definition) is 5. The van der Waals surface area contributed by atoms with Crippen molar-refractivity contribution in [3.8, 4) is 5.75 Å². The van der Waals surface area contributed by atoms with Gasteiger partial charge in [0, 0.05) is 22.2 Å². The topological polar surface area (TPSA) is 64.6 Å². The van der Waals surface area contributed by atoms with Crippen LogP contribution in [0.1, 0.15) is 17.3 Å². The molecule has 0 unspecified atom stereocenters. The molecule has 8 heteroatoms. The quantitative estimate of drug-likeness (QED) is 0.549. The average molecular weight is 381 g/mol. The summed E-state index contributed by atoms with van der Waals surface area (Å²) in [4.78, 5) is 23.9. The molecule has 0 bridgehead atoms. The molecule has 26 heavy (non-hydrogen) atoms. The Bertz CT molecular complexity index is 753. The highest BCUT2D eigenvalue weighted by Crippen LogP contribution is 2.25. The van der Waals surface area contributed by atoms with Crippen LogP contribution < -0.4 is 10.1 Å². The van der Waals surface area contributed by atoms with Crippen LogP contribution in [0.25, 0.3) is 0 Å². The van der Waals surface area contributed by atoms with Crippen molar-refractivity contribution in [3.05, 3.63) is 54.1 Å². The normalized spacial score (nSPS) is 10.5. The summed E-state index contributed by atoms with van der Waals surface area (Å²) in [6.07, 6.45) is 0. The molecule has 0 aromatic heterocycles. The van der Waals surface area contributed by atoms with Crippen LogP contribution in [-0.2, 0) is 9.53 Å². The molecule has 0 aliphatic heterocycles. The maximum Gasteiger partial charge on any atom is 0.344 e. The summed E-state index contributed by atoms with van der Waals surface area (Å²) in [7, 11) is 0. The van der Waals surface area contributed by atoms with Gasteiger partial charge in [0.2, 0.25) is 0 Å². The lowest BCUT2D eigenvalue weighted by Gasteiger charge is -2.09. The van der Waals surface area contributed by atoms with Gasteiger partial charge < -0.3 is 14.8 Å². The number of ether oxygens (including phenoxy) is 2. The molecule has 0 heterocycles. The van der Waals surface area contributed by atoms with Gasteiger partial charge in [0.15, 0.2) is 6.61 Å². The summed E-state index contributed by atoms with van der Waals surface area (Å²) < 4.78 is 34.7. The molecule has 2 rings (SSSR count). The first-order valence-electron chi connectivity index (χ1n) is 7.72. The first kappa shape index (κ1) is 19.7. The lowest BCUT2D eigenvalue weighted by Crippen LogP contribution is -2.15. The third kappa shape index (κ3) is 6.36. The Morgan fingerprint density at radius 1 is 1.15 bits per heavy atom. The summed E-state index contributed by atoms with van der Waals surface area (Å²) in [5.41, 5.74) is 0.809. The van der Waals surface area contributed by atoms with Crippen LogP contribution in [0.4, 0.5) is 14.5 Å². The van der Waals surface area contributed by atoms with Gasteiger partial charge in [0.1, 0.15) is 5.75 Å². The molecule has 5 nitrogen and oxygen atoms in total. The van der Waals surface area contributed by atoms with Crippen LogP contribution in [0.5, 0.6) is 5.75 Å². The molecular formula is C18H17F2NO4S. The van der Waals surface area contributed by atoms with Gasteiger partial charge in [-0.3, -0.25) is 4.79 Å². The highest BCUT2D eigenvalue weighted by atomic mass is 32.2. The SMILES string of the molecule is CCOC(=O)COc1cccc(NC(=O)c2ccc(SC(F)F)cc2)c1. The molecule has 0 aliphatic carbocycles. The minimum Gasteiger partial charge on any atom is -0.482 e. The number of alkyl halides is 2. The fraction of sp³-hybridized carbons (Fsp3) is 0.222. The van der Waals surface area contributed by atoms with Crippen LogP contribution in [-0.4, -0.2) is 30.8 Å². The Hall–Kier alpha value is -2.61. The number of hydrogen-bond donors (Lipinski definition) is 1. The number of benzene rings is 2. The van der Waals surface area contributed by atoms with Crippen LogP contribution >= 0.6 is 11.8 Å². The Balaban J connectivity index is 1.96. The molecule has 138 valence electrons. The first-order chi connectivity index (χ1) is 12.5. The maximum absolute atomic E-state index is 12.3. The maximum atomic E-state index is 12.3. The number of carbonyl (C=O) groups is 2. The molecule has 1 N–H and O–H groups in total. The van der Waals surface area contributed by atoms with Gasteiger partial charge in [-0.15, -0.1) is 0 Å². The number of carbonyl (C=O) groups excluding carboxylic acids is 2. The fourth-order valence-electron chi connectivity index (χ4n) is 2.00. The second-order valence-corrected chi connectivity index (χ2v) is 6.04. The Kier molecular flexibility index (Phi) is 7.40. The third-order valence-corrected chi connectivity index (χ3v) is 3.82. The molecule has 2 aromatic carbocycles. The second-order valence-electron chi connectivity index (χ2n) is 4.98. The van der Waals surface area contributed by atoms with Crippen molar-refractivity contribution in [2.24, 2.45) is 0 Å². The van der Waals surface area contributed by atoms with Crippen molar-refractivity contribution in [1.82, 2.24) is 0 Å². The Morgan fingerprint density at radius 3 is 2.54 bits per heavy atom. The highest BCUT2D eigenvalue weighted by molar-refractivity contribution is 7.99. The van der Waals surface area contributed by atoms with E-state index < -0.39 is 11.7 Å². The number of thioether (sulfide) groups is 1. The average Bonchev–Trinajstić information content (AvgIpc) is 2.61. The molecule has 0 radical (unpaired) electrons. The molecule has 0 saturated heterocycles. The highest BCUT2D eigenvalue weighted by Gasteiger charge is 2.10. The van der Waals surface area contributed by atoms with Crippen molar-refractivity contribution in [3.63, 3.8) is 0 Å². The van der Waals surface area contributed by atoms with Crippen LogP contribution in [0.3, 0.4) is 0 Å². The molecule has 0 aliphatic rings. The Labute approximate surface area is 153 Å². The number of halogens is 2. The Morgan fingerprint density at radius 2 is 1.88 bits per heavy atom. The van der Waals surface area contributed by atoms with Gasteiger partial charge >= 0.3 is 5.97 Å². The standard InChI is InChI=1S/C18H17F2NO4S/c1-2-24-16(22)11-25-14-5-3-4-13(10-14)21-17(23)12-6-8-15(9-7-12)26-18(19)20/h3-10,18H,2,11H2,1H3,(H,21,23). The third-order valence-electron chi connectivity index (χ3n) is 3.10. The summed E-state index contributed by atoms with van der Waals surface area (Å²) in [5.74, 6) is -2.98. The number of amides is 1. The number of rotatable bonds is 8. The first-order valence-corrected chi connectivity index (χ1v) is 8.60. The van der Waals surface area contributed by atoms with E-state index in [0.29, 0.717) is 33.7 Å². The van der Waals surface area contributed by atoms with Crippen molar-refractivity contribution < 1.29 is 27.8 Å². The predicted octanol–water partition coefficient (Wildman–Crippen LogP) is 4.20. The largest absolute Gasteiger partial charge is 0.482 e. The van der Waals surface area contributed by atoms with Crippen LogP contribution in [0.2, 0.25) is 0 Å². The van der Waals surface area contributed by atoms with E-state index in [9.17, 15) is 18.4 Å². The zero-order valence-corrected chi connectivity index (χ0v) is 14.7. The molecule has 0 spiro atoms. The lowest BCUT2D eigenvalue weighted by molar-refractivity contribution is -0.145. The number of esters is 1. The minimum absolute atomic E-state index is 0.228. The fourth-order valence-corrected chi connectivity index (χ4v) is 2.50. The molecule has 0 atom stereocenters. The molecule has 0 fully saturated rings. The minimum atomic E-state index is -2.51. The van der Waals surface area contributed by atoms with Gasteiger partial charge in [0.25, 0.3) is 11.7 Å². The molecule has 0 saturated carbocycles. The van der Waals surface area contributed by atoms with E-state index in [1.165, 1.54) is 24.3 Å². The number of anilines is 1. The van der Waals surface area contributed by atoms with E-state index in [1.807, 2.05) is 0 Å². The van der Waals surface area contributed by atoms with Gasteiger partial charge in [0.05, 0.1) is 6.61 Å². The van der Waals surface area contributed by atoms with Crippen LogP contribution in [0.15, 0.2) is 53.4 Å². The van der Waals surface area contributed by atoms with E-state index in [4.69, 9.17) is 9.47 Å². The summed E-state index contributed by atoms with van der Waals surface area (Å²) in [6.45, 7) is 1.74. The van der Waals surface area contributed by atoms with Gasteiger partial charge in [-0.2, -0.15) is 8.78 Å². The van der Waals surface area contributed by atoms with E-state index in [1.54, 1.807) is 31.2 Å². The van der Waals surface area contributed by atoms with E-state index in [-0.39, 0.29) is 19.1 Å². The van der Waals surface area contributed by atoms with Crippen molar-refractivity contribution in [2.45, 2.75) is 17.6 Å². The summed E-state index contributed by atoms with van der Waals surface area (Å²) >= 11 is 0.417. The van der Waals surface area contributed by atoms with Gasteiger partial charge in [-0.25, -0.2) is 4.79 Å². The van der Waals surface area contributed by atoms with Crippen LogP contribution in [0, 0.1) is 0 Å². The van der Waals surface area contributed by atoms with Crippen molar-refractivity contribution >= 4 is 29.3 Å². The van der Waals surface area contributed by atoms with Crippen molar-refractivity contribution in [2.75, 3.05) is 18.5 Å². The monoisotopic (exact) mass is 381 g/mol. The number of nitrogens with one attached hydrogen (secondary N) is 1.